The van der Waals surface area contributed by atoms with E-state index in [9.17, 15) is 4.79 Å². The summed E-state index contributed by atoms with van der Waals surface area (Å²) in [4.78, 5) is 27.4. The number of carbonyl (C=O) groups is 1. The first-order valence-corrected chi connectivity index (χ1v) is 13.1. The Bertz CT molecular complexity index is 1190. The summed E-state index contributed by atoms with van der Waals surface area (Å²) in [5.41, 5.74) is 2.39. The number of fused-ring (bicyclic) bond motifs is 2. The molecule has 0 radical (unpaired) electrons. The Morgan fingerprint density at radius 3 is 2.65 bits per heavy atom. The molecular formula is C27H33FN6O3. The Morgan fingerprint density at radius 1 is 1.16 bits per heavy atom. The van der Waals surface area contributed by atoms with E-state index < -0.39 is 6.10 Å². The van der Waals surface area contributed by atoms with Crippen molar-refractivity contribution in [3.05, 3.63) is 48.1 Å². The Morgan fingerprint density at radius 2 is 1.92 bits per heavy atom. The lowest BCUT2D eigenvalue weighted by atomic mass is 9.87. The lowest BCUT2D eigenvalue weighted by Crippen LogP contribution is -2.54. The molecule has 0 bridgehead atoms. The number of carbonyl (C=O) groups excluding carboxylic acids is 1. The first kappa shape index (κ1) is 24.1. The van der Waals surface area contributed by atoms with Crippen LogP contribution in [0.25, 0.3) is 0 Å². The normalized spacial score (nSPS) is 22.7. The largest absolute Gasteiger partial charge is 0.480 e. The number of benzene rings is 1. The molecule has 2 aromatic rings. The molecule has 3 saturated heterocycles. The van der Waals surface area contributed by atoms with Gasteiger partial charge in [-0.25, -0.2) is 14.4 Å². The highest BCUT2D eigenvalue weighted by Crippen LogP contribution is 2.44. The summed E-state index contributed by atoms with van der Waals surface area (Å²) in [6.07, 6.45) is 4.44. The van der Waals surface area contributed by atoms with Crippen molar-refractivity contribution in [2.75, 3.05) is 62.7 Å². The molecule has 9 nitrogen and oxygen atoms in total. The monoisotopic (exact) mass is 508 g/mol. The summed E-state index contributed by atoms with van der Waals surface area (Å²) in [5.74, 6) is 1.57. The number of amides is 1. The van der Waals surface area contributed by atoms with Crippen LogP contribution in [0.4, 0.5) is 21.7 Å². The van der Waals surface area contributed by atoms with Crippen LogP contribution in [0.15, 0.2) is 31.1 Å². The zero-order valence-corrected chi connectivity index (χ0v) is 21.2. The SMILES string of the molecule is C=CC(=O)N1CCC(N2CC(c3cc(F)c4c(c3)Nc3ncnc(N5CCOCC5)c3[C@@H](C)O4)C2)CC1. The minimum Gasteiger partial charge on any atom is -0.480 e. The van der Waals surface area contributed by atoms with E-state index in [1.807, 2.05) is 17.9 Å². The number of halogens is 1. The van der Waals surface area contributed by atoms with Crippen LogP contribution in [0.3, 0.4) is 0 Å². The molecule has 6 rings (SSSR count). The summed E-state index contributed by atoms with van der Waals surface area (Å²) in [7, 11) is 0. The Labute approximate surface area is 216 Å². The second kappa shape index (κ2) is 9.90. The molecule has 10 heteroatoms. The van der Waals surface area contributed by atoms with Crippen LogP contribution in [0.2, 0.25) is 0 Å². The van der Waals surface area contributed by atoms with E-state index in [1.165, 1.54) is 6.08 Å². The molecule has 1 atom stereocenters. The highest BCUT2D eigenvalue weighted by atomic mass is 19.1. The molecule has 1 aromatic carbocycles. The number of anilines is 3. The van der Waals surface area contributed by atoms with Gasteiger partial charge in [-0.3, -0.25) is 9.69 Å². The fourth-order valence-corrected chi connectivity index (χ4v) is 5.92. The number of nitrogens with zero attached hydrogens (tertiary/aromatic N) is 5. The van der Waals surface area contributed by atoms with E-state index in [-0.39, 0.29) is 23.4 Å². The average molecular weight is 509 g/mol. The fraction of sp³-hybridized carbons (Fsp3) is 0.519. The predicted molar refractivity (Wildman–Crippen MR) is 138 cm³/mol. The van der Waals surface area contributed by atoms with E-state index in [2.05, 4.69) is 31.7 Å². The Kier molecular flexibility index (Phi) is 6.46. The number of piperidine rings is 1. The van der Waals surface area contributed by atoms with Crippen LogP contribution in [-0.4, -0.2) is 84.2 Å². The van der Waals surface area contributed by atoms with Gasteiger partial charge in [0.1, 0.15) is 24.1 Å². The second-order valence-electron chi connectivity index (χ2n) is 10.2. The zero-order valence-electron chi connectivity index (χ0n) is 21.2. The van der Waals surface area contributed by atoms with E-state index >= 15 is 4.39 Å². The molecule has 37 heavy (non-hydrogen) atoms. The molecule has 1 amide bonds. The van der Waals surface area contributed by atoms with E-state index in [1.54, 1.807) is 12.4 Å². The maximum absolute atomic E-state index is 15.4. The molecule has 0 saturated carbocycles. The number of hydrogen-bond acceptors (Lipinski definition) is 8. The van der Waals surface area contributed by atoms with Gasteiger partial charge in [0.15, 0.2) is 11.6 Å². The van der Waals surface area contributed by atoms with Crippen molar-refractivity contribution < 1.29 is 18.7 Å². The Balaban J connectivity index is 1.18. The lowest BCUT2D eigenvalue weighted by molar-refractivity contribution is -0.127. The zero-order chi connectivity index (χ0) is 25.5. The molecule has 0 spiro atoms. The van der Waals surface area contributed by atoms with Crippen molar-refractivity contribution in [3.63, 3.8) is 0 Å². The summed E-state index contributed by atoms with van der Waals surface area (Å²) in [6.45, 7) is 11.6. The van der Waals surface area contributed by atoms with Gasteiger partial charge in [0.2, 0.25) is 5.91 Å². The standard InChI is InChI=1S/C27H33FN6O3/c1-3-23(35)32-6-4-20(5-7-32)34-14-19(15-34)18-12-21(28)25-22(13-18)31-26-24(17(2)37-25)27(30-16-29-26)33-8-10-36-11-9-33/h3,12-13,16-17,19-20H,1,4-11,14-15H2,2H3,(H,29,30,31)/t17-/m1/s1. The number of morpholine rings is 1. The average Bonchev–Trinajstić information content (AvgIpc) is 3.04. The third-order valence-electron chi connectivity index (χ3n) is 8.04. The number of aromatic nitrogens is 2. The van der Waals surface area contributed by atoms with Gasteiger partial charge in [0.25, 0.3) is 0 Å². The minimum absolute atomic E-state index is 0.00772. The molecular weight excluding hydrogens is 475 g/mol. The number of ether oxygens (including phenoxy) is 2. The highest BCUT2D eigenvalue weighted by Gasteiger charge is 2.37. The highest BCUT2D eigenvalue weighted by molar-refractivity contribution is 5.87. The summed E-state index contributed by atoms with van der Waals surface area (Å²) < 4.78 is 27.1. The molecule has 5 heterocycles. The van der Waals surface area contributed by atoms with Crippen molar-refractivity contribution in [2.24, 2.45) is 0 Å². The van der Waals surface area contributed by atoms with Crippen LogP contribution < -0.4 is 15.0 Å². The first-order chi connectivity index (χ1) is 18.0. The van der Waals surface area contributed by atoms with Crippen LogP contribution in [0, 0.1) is 5.82 Å². The van der Waals surface area contributed by atoms with Gasteiger partial charge in [0.05, 0.1) is 24.5 Å². The summed E-state index contributed by atoms with van der Waals surface area (Å²) >= 11 is 0. The number of rotatable bonds is 4. The topological polar surface area (TPSA) is 83.1 Å². The minimum atomic E-state index is -0.416. The maximum atomic E-state index is 15.4. The van der Waals surface area contributed by atoms with Gasteiger partial charge >= 0.3 is 0 Å². The molecule has 196 valence electrons. The van der Waals surface area contributed by atoms with Crippen molar-refractivity contribution in [1.29, 1.82) is 0 Å². The molecule has 1 N–H and O–H groups in total. The summed E-state index contributed by atoms with van der Waals surface area (Å²) in [5, 5.41) is 3.36. The van der Waals surface area contributed by atoms with Crippen molar-refractivity contribution in [1.82, 2.24) is 19.8 Å². The quantitative estimate of drug-likeness (QED) is 0.631. The number of hydrogen-bond donors (Lipinski definition) is 1. The van der Waals surface area contributed by atoms with Crippen molar-refractivity contribution in [2.45, 2.75) is 37.8 Å². The van der Waals surface area contributed by atoms with Crippen LogP contribution in [-0.2, 0) is 9.53 Å². The lowest BCUT2D eigenvalue weighted by Gasteiger charge is -2.47. The molecule has 0 unspecified atom stereocenters. The van der Waals surface area contributed by atoms with Gasteiger partial charge in [0, 0.05) is 51.2 Å². The molecule has 3 fully saturated rings. The Hall–Kier alpha value is -3.24. The van der Waals surface area contributed by atoms with Gasteiger partial charge in [-0.05, 0) is 43.5 Å². The summed E-state index contributed by atoms with van der Waals surface area (Å²) in [6, 6.07) is 4.08. The van der Waals surface area contributed by atoms with Crippen LogP contribution >= 0.6 is 0 Å². The fourth-order valence-electron chi connectivity index (χ4n) is 5.92. The third kappa shape index (κ3) is 4.53. The van der Waals surface area contributed by atoms with Crippen LogP contribution in [0.5, 0.6) is 5.75 Å². The van der Waals surface area contributed by atoms with E-state index in [0.717, 1.165) is 69.1 Å². The molecule has 1 aromatic heterocycles. The van der Waals surface area contributed by atoms with Gasteiger partial charge in [-0.1, -0.05) is 6.58 Å². The predicted octanol–water partition coefficient (Wildman–Crippen LogP) is 3.23. The van der Waals surface area contributed by atoms with Crippen molar-refractivity contribution >= 4 is 23.2 Å². The van der Waals surface area contributed by atoms with E-state index in [0.29, 0.717) is 30.8 Å². The van der Waals surface area contributed by atoms with Gasteiger partial charge in [-0.2, -0.15) is 0 Å². The number of likely N-dealkylation sites (tertiary alicyclic amines) is 2. The smallest absolute Gasteiger partial charge is 0.245 e. The van der Waals surface area contributed by atoms with Crippen molar-refractivity contribution in [3.8, 4) is 5.75 Å². The molecule has 0 aliphatic carbocycles. The first-order valence-electron chi connectivity index (χ1n) is 13.1. The second-order valence-corrected chi connectivity index (χ2v) is 10.2. The van der Waals surface area contributed by atoms with E-state index in [4.69, 9.17) is 9.47 Å². The molecule has 4 aliphatic rings. The number of nitrogens with one attached hydrogen (secondary N) is 1. The third-order valence-corrected chi connectivity index (χ3v) is 8.04. The van der Waals surface area contributed by atoms with Gasteiger partial charge in [-0.15, -0.1) is 0 Å². The van der Waals surface area contributed by atoms with Gasteiger partial charge < -0.3 is 24.6 Å². The van der Waals surface area contributed by atoms with Crippen LogP contribution in [0.1, 0.15) is 42.9 Å². The maximum Gasteiger partial charge on any atom is 0.245 e. The molecule has 4 aliphatic heterocycles.